The molecular weight excluding hydrogens is 669 g/mol. The van der Waals surface area contributed by atoms with E-state index in [0.717, 1.165) is 28.6 Å². The van der Waals surface area contributed by atoms with Gasteiger partial charge >= 0.3 is 6.18 Å². The molecule has 0 aliphatic carbocycles. The highest BCUT2D eigenvalue weighted by atomic mass is 19.4. The first-order chi connectivity index (χ1) is 24.5. The van der Waals surface area contributed by atoms with Gasteiger partial charge in [0, 0.05) is 61.5 Å². The SMILES string of the molecule is Cc1cc(C(F)(F)F)n2nc(C(=O)N3CCCCNC(=O)[C@H](Cc4c[nH]c5ccccc45)NC(=O)c4cccc(n4)NCCNC(=O)C3)cc2n1. The van der Waals surface area contributed by atoms with Crippen LogP contribution in [0.1, 0.15) is 50.8 Å². The minimum Gasteiger partial charge on any atom is -0.368 e. The molecule has 51 heavy (non-hydrogen) atoms. The van der Waals surface area contributed by atoms with Crippen LogP contribution in [0, 0.1) is 6.92 Å². The van der Waals surface area contributed by atoms with Crippen molar-refractivity contribution >= 4 is 46.0 Å². The number of halogens is 3. The molecule has 17 heteroatoms. The van der Waals surface area contributed by atoms with Gasteiger partial charge in [-0.1, -0.05) is 24.3 Å². The number of nitrogens with zero attached hydrogens (tertiary/aromatic N) is 5. The van der Waals surface area contributed by atoms with Crippen LogP contribution < -0.4 is 21.3 Å². The van der Waals surface area contributed by atoms with Crippen molar-refractivity contribution in [2.75, 3.05) is 38.0 Å². The molecule has 14 nitrogen and oxygen atoms in total. The Kier molecular flexibility index (Phi) is 10.2. The van der Waals surface area contributed by atoms with Crippen molar-refractivity contribution in [1.29, 1.82) is 0 Å². The Morgan fingerprint density at radius 2 is 1.75 bits per heavy atom. The molecule has 0 unspecified atom stereocenters. The number of alkyl halides is 3. The molecule has 5 N–H and O–H groups in total. The molecule has 0 saturated heterocycles. The number of carbonyl (C=O) groups excluding carboxylic acids is 4. The molecule has 4 amide bonds. The predicted molar refractivity (Wildman–Crippen MR) is 180 cm³/mol. The zero-order valence-corrected chi connectivity index (χ0v) is 27.5. The predicted octanol–water partition coefficient (Wildman–Crippen LogP) is 2.85. The monoisotopic (exact) mass is 704 g/mol. The quantitative estimate of drug-likeness (QED) is 0.190. The van der Waals surface area contributed by atoms with Gasteiger partial charge in [-0.15, -0.1) is 0 Å². The first-order valence-corrected chi connectivity index (χ1v) is 16.3. The second-order valence-electron chi connectivity index (χ2n) is 12.1. The Balaban J connectivity index is 1.22. The molecular formula is C34H35F3N10O4. The van der Waals surface area contributed by atoms with E-state index in [-0.39, 0.29) is 55.3 Å². The highest BCUT2D eigenvalue weighted by Gasteiger charge is 2.35. The van der Waals surface area contributed by atoms with Crippen molar-refractivity contribution < 1.29 is 32.3 Å². The number of fused-ring (bicyclic) bond motifs is 4. The van der Waals surface area contributed by atoms with Gasteiger partial charge in [-0.3, -0.25) is 19.2 Å². The lowest BCUT2D eigenvalue weighted by atomic mass is 10.0. The highest BCUT2D eigenvalue weighted by Crippen LogP contribution is 2.30. The Labute approximate surface area is 289 Å². The third kappa shape index (κ3) is 8.25. The van der Waals surface area contributed by atoms with E-state index >= 15 is 0 Å². The van der Waals surface area contributed by atoms with Crippen LogP contribution in [-0.4, -0.2) is 91.9 Å². The maximum absolute atomic E-state index is 13.7. The molecule has 6 rings (SSSR count). The zero-order chi connectivity index (χ0) is 36.1. The second kappa shape index (κ2) is 14.9. The van der Waals surface area contributed by atoms with Crippen LogP contribution in [0.5, 0.6) is 0 Å². The summed E-state index contributed by atoms with van der Waals surface area (Å²) in [7, 11) is 0. The first kappa shape index (κ1) is 34.8. The molecule has 2 bridgehead atoms. The van der Waals surface area contributed by atoms with Crippen LogP contribution >= 0.6 is 0 Å². The van der Waals surface area contributed by atoms with Gasteiger partial charge in [0.25, 0.3) is 11.8 Å². The van der Waals surface area contributed by atoms with Crippen LogP contribution in [0.15, 0.2) is 60.8 Å². The van der Waals surface area contributed by atoms with Crippen LogP contribution in [0.3, 0.4) is 0 Å². The minimum absolute atomic E-state index is 0.0398. The van der Waals surface area contributed by atoms with Gasteiger partial charge in [0.2, 0.25) is 11.8 Å². The Bertz CT molecular complexity index is 2090. The number of hydrogen-bond donors (Lipinski definition) is 5. The van der Waals surface area contributed by atoms with Gasteiger partial charge in [-0.25, -0.2) is 14.5 Å². The molecule has 1 atom stereocenters. The molecule has 5 aromatic rings. The minimum atomic E-state index is -4.75. The number of carbonyl (C=O) groups is 4. The van der Waals surface area contributed by atoms with Crippen molar-refractivity contribution in [3.05, 3.63) is 89.1 Å². The molecule has 1 aromatic carbocycles. The summed E-state index contributed by atoms with van der Waals surface area (Å²) < 4.78 is 41.8. The topological polar surface area (TPSA) is 179 Å². The highest BCUT2D eigenvalue weighted by molar-refractivity contribution is 5.97. The van der Waals surface area contributed by atoms with Gasteiger partial charge in [-0.2, -0.15) is 18.3 Å². The van der Waals surface area contributed by atoms with E-state index in [1.165, 1.54) is 17.9 Å². The van der Waals surface area contributed by atoms with Crippen molar-refractivity contribution in [3.8, 4) is 0 Å². The molecule has 0 spiro atoms. The summed E-state index contributed by atoms with van der Waals surface area (Å²) in [4.78, 5) is 66.2. The Morgan fingerprint density at radius 1 is 0.941 bits per heavy atom. The van der Waals surface area contributed by atoms with Crippen molar-refractivity contribution in [1.82, 2.24) is 45.4 Å². The van der Waals surface area contributed by atoms with Crippen LogP contribution in [0.25, 0.3) is 16.6 Å². The van der Waals surface area contributed by atoms with Gasteiger partial charge in [-0.05, 0) is 49.6 Å². The molecule has 4 aromatic heterocycles. The normalized spacial score (nSPS) is 17.1. The van der Waals surface area contributed by atoms with Crippen LogP contribution in [0.4, 0.5) is 19.0 Å². The summed E-state index contributed by atoms with van der Waals surface area (Å²) >= 11 is 0. The number of aromatic amines is 1. The van der Waals surface area contributed by atoms with E-state index < -0.39 is 48.1 Å². The maximum Gasteiger partial charge on any atom is 0.433 e. The number of aryl methyl sites for hydroxylation is 1. The molecule has 0 saturated carbocycles. The Morgan fingerprint density at radius 3 is 2.57 bits per heavy atom. The number of benzene rings is 1. The molecule has 0 radical (unpaired) electrons. The lowest BCUT2D eigenvalue weighted by molar-refractivity contribution is -0.142. The van der Waals surface area contributed by atoms with Crippen molar-refractivity contribution in [3.63, 3.8) is 0 Å². The zero-order valence-electron chi connectivity index (χ0n) is 27.5. The van der Waals surface area contributed by atoms with Gasteiger partial charge in [0.15, 0.2) is 11.3 Å². The van der Waals surface area contributed by atoms with Crippen molar-refractivity contribution in [2.45, 2.75) is 38.4 Å². The second-order valence-corrected chi connectivity index (χ2v) is 12.1. The van der Waals surface area contributed by atoms with E-state index in [9.17, 15) is 32.3 Å². The van der Waals surface area contributed by atoms with Gasteiger partial charge in [0.05, 0.1) is 6.54 Å². The smallest absolute Gasteiger partial charge is 0.368 e. The summed E-state index contributed by atoms with van der Waals surface area (Å²) in [5.74, 6) is -1.87. The Hall–Kier alpha value is -6.00. The number of anilines is 1. The van der Waals surface area contributed by atoms with E-state index in [4.69, 9.17) is 0 Å². The fraction of sp³-hybridized carbons (Fsp3) is 0.324. The summed E-state index contributed by atoms with van der Waals surface area (Å²) in [5, 5.41) is 16.2. The van der Waals surface area contributed by atoms with Gasteiger partial charge in [0.1, 0.15) is 23.2 Å². The number of hydrogen-bond acceptors (Lipinski definition) is 8. The number of pyridine rings is 1. The molecule has 5 heterocycles. The van der Waals surface area contributed by atoms with Gasteiger partial charge < -0.3 is 31.2 Å². The lowest BCUT2D eigenvalue weighted by Gasteiger charge is -2.22. The molecule has 1 aliphatic rings. The maximum atomic E-state index is 13.7. The van der Waals surface area contributed by atoms with E-state index in [0.29, 0.717) is 23.2 Å². The largest absolute Gasteiger partial charge is 0.433 e. The average Bonchev–Trinajstić information content (AvgIpc) is 3.72. The van der Waals surface area contributed by atoms with E-state index in [1.807, 2.05) is 24.3 Å². The standard InChI is InChI=1S/C34H35F3N10O4/c1-20-15-27(34(35,36)37)47-29(42-20)17-26(45-47)33(51)46-14-5-4-11-40-31(49)25(16-21-18-41-23-8-3-2-7-22(21)23)44-32(50)24-9-6-10-28(43-24)38-12-13-39-30(48)19-46/h2-3,6-10,15,17-18,25,41H,4-5,11-14,16,19H2,1H3,(H,38,43)(H,39,48)(H,40,49)(H,44,50)/t25-/m0/s1. The third-order valence-corrected chi connectivity index (χ3v) is 8.30. The number of aromatic nitrogens is 5. The number of H-pyrrole nitrogens is 1. The van der Waals surface area contributed by atoms with Crippen LogP contribution in [-0.2, 0) is 22.2 Å². The summed E-state index contributed by atoms with van der Waals surface area (Å²) in [5.41, 5.74) is 0.362. The summed E-state index contributed by atoms with van der Waals surface area (Å²) in [6, 6.07) is 13.5. The molecule has 0 fully saturated rings. The lowest BCUT2D eigenvalue weighted by Crippen LogP contribution is -2.48. The fourth-order valence-corrected chi connectivity index (χ4v) is 5.83. The number of nitrogens with one attached hydrogen (secondary N) is 5. The van der Waals surface area contributed by atoms with Crippen molar-refractivity contribution in [2.24, 2.45) is 0 Å². The first-order valence-electron chi connectivity index (χ1n) is 16.3. The number of rotatable bonds is 3. The summed E-state index contributed by atoms with van der Waals surface area (Å²) in [6.07, 6.45) is -2.05. The van der Waals surface area contributed by atoms with E-state index in [1.54, 1.807) is 18.3 Å². The molecule has 266 valence electrons. The van der Waals surface area contributed by atoms with Crippen LogP contribution in [0.2, 0.25) is 0 Å². The number of para-hydroxylation sites is 1. The molecule has 1 aliphatic heterocycles. The third-order valence-electron chi connectivity index (χ3n) is 8.30. The summed E-state index contributed by atoms with van der Waals surface area (Å²) in [6.45, 7) is 1.59. The fourth-order valence-electron chi connectivity index (χ4n) is 5.83. The van der Waals surface area contributed by atoms with E-state index in [2.05, 4.69) is 41.3 Å². The number of amides is 4. The average molecular weight is 705 g/mol.